The molecule has 1 amide bonds. The Bertz CT molecular complexity index is 911. The molecule has 1 aromatic heterocycles. The second-order valence-electron chi connectivity index (χ2n) is 6.88. The minimum atomic E-state index is -0.0466. The van der Waals surface area contributed by atoms with Gasteiger partial charge in [0.1, 0.15) is 5.82 Å². The van der Waals surface area contributed by atoms with Crippen LogP contribution >= 0.6 is 0 Å². The van der Waals surface area contributed by atoms with Gasteiger partial charge in [-0.05, 0) is 44.0 Å². The molecule has 1 heterocycles. The number of amides is 1. The molecule has 0 spiro atoms. The zero-order chi connectivity index (χ0) is 18.5. The van der Waals surface area contributed by atoms with Crippen LogP contribution in [0.15, 0.2) is 42.5 Å². The molecule has 0 atom stereocenters. The number of aromatic nitrogens is 2. The first kappa shape index (κ1) is 18.2. The fourth-order valence-corrected chi connectivity index (χ4v) is 3.35. The molecular weight excluding hydrogens is 322 g/mol. The molecule has 2 aromatic carbocycles. The van der Waals surface area contributed by atoms with Crippen LogP contribution in [0.2, 0.25) is 0 Å². The average Bonchev–Trinajstić information content (AvgIpc) is 2.98. The number of unbranched alkanes of at least 4 members (excludes halogenated alkanes) is 2. The van der Waals surface area contributed by atoms with E-state index in [0.29, 0.717) is 6.54 Å². The lowest BCUT2D eigenvalue weighted by molar-refractivity contribution is 0.0949. The summed E-state index contributed by atoms with van der Waals surface area (Å²) in [6.07, 6.45) is 3.50. The summed E-state index contributed by atoms with van der Waals surface area (Å²) in [5, 5.41) is 3.05. The summed E-state index contributed by atoms with van der Waals surface area (Å²) in [5.41, 5.74) is 5.01. The van der Waals surface area contributed by atoms with Gasteiger partial charge in [0.2, 0.25) is 0 Å². The first-order valence-corrected chi connectivity index (χ1v) is 9.39. The SMILES string of the molecule is CCCCCn1c(CNC(=O)c2ccc(C)cc2C)nc2ccccc21. The summed E-state index contributed by atoms with van der Waals surface area (Å²) in [4.78, 5) is 17.3. The summed E-state index contributed by atoms with van der Waals surface area (Å²) in [5.74, 6) is 0.870. The maximum absolute atomic E-state index is 12.6. The van der Waals surface area contributed by atoms with E-state index in [-0.39, 0.29) is 5.91 Å². The minimum absolute atomic E-state index is 0.0466. The number of imidazole rings is 1. The normalized spacial score (nSPS) is 11.0. The number of carbonyl (C=O) groups is 1. The number of carbonyl (C=O) groups excluding carboxylic acids is 1. The Labute approximate surface area is 155 Å². The molecule has 4 nitrogen and oxygen atoms in total. The van der Waals surface area contributed by atoms with Gasteiger partial charge in [-0.25, -0.2) is 4.98 Å². The zero-order valence-corrected chi connectivity index (χ0v) is 15.9. The number of aryl methyl sites for hydroxylation is 3. The standard InChI is InChI=1S/C22H27N3O/c1-4-5-8-13-25-20-10-7-6-9-19(20)24-21(25)15-23-22(26)18-12-11-16(2)14-17(18)3/h6-7,9-12,14H,4-5,8,13,15H2,1-3H3,(H,23,26). The molecule has 0 aliphatic carbocycles. The highest BCUT2D eigenvalue weighted by atomic mass is 16.1. The number of benzene rings is 2. The first-order chi connectivity index (χ1) is 12.6. The molecule has 0 unspecified atom stereocenters. The van der Waals surface area contributed by atoms with E-state index in [4.69, 9.17) is 4.98 Å². The topological polar surface area (TPSA) is 46.9 Å². The highest BCUT2D eigenvalue weighted by Crippen LogP contribution is 2.18. The van der Waals surface area contributed by atoms with E-state index in [1.165, 1.54) is 12.8 Å². The highest BCUT2D eigenvalue weighted by molar-refractivity contribution is 5.95. The van der Waals surface area contributed by atoms with Gasteiger partial charge in [-0.15, -0.1) is 0 Å². The fraction of sp³-hybridized carbons (Fsp3) is 0.364. The van der Waals surface area contributed by atoms with Crippen molar-refractivity contribution < 1.29 is 4.79 Å². The molecule has 3 rings (SSSR count). The van der Waals surface area contributed by atoms with Crippen LogP contribution in [0, 0.1) is 13.8 Å². The molecule has 0 saturated heterocycles. The van der Waals surface area contributed by atoms with Crippen molar-refractivity contribution in [1.29, 1.82) is 0 Å². The number of nitrogens with zero attached hydrogens (tertiary/aromatic N) is 2. The molecule has 1 N–H and O–H groups in total. The Morgan fingerprint density at radius 1 is 1.12 bits per heavy atom. The summed E-state index contributed by atoms with van der Waals surface area (Å²) >= 11 is 0. The van der Waals surface area contributed by atoms with E-state index in [1.54, 1.807) is 0 Å². The van der Waals surface area contributed by atoms with Crippen molar-refractivity contribution in [3.05, 3.63) is 65.0 Å². The molecule has 3 aromatic rings. The third-order valence-corrected chi connectivity index (χ3v) is 4.75. The van der Waals surface area contributed by atoms with E-state index in [9.17, 15) is 4.79 Å². The van der Waals surface area contributed by atoms with Gasteiger partial charge < -0.3 is 9.88 Å². The van der Waals surface area contributed by atoms with Gasteiger partial charge in [-0.3, -0.25) is 4.79 Å². The van der Waals surface area contributed by atoms with Gasteiger partial charge in [0, 0.05) is 12.1 Å². The second-order valence-corrected chi connectivity index (χ2v) is 6.88. The van der Waals surface area contributed by atoms with Crippen LogP contribution in [-0.2, 0) is 13.1 Å². The monoisotopic (exact) mass is 349 g/mol. The molecule has 0 aliphatic rings. The van der Waals surface area contributed by atoms with Crippen LogP contribution in [0.3, 0.4) is 0 Å². The van der Waals surface area contributed by atoms with Crippen molar-refractivity contribution in [2.24, 2.45) is 0 Å². The van der Waals surface area contributed by atoms with Crippen LogP contribution in [0.4, 0.5) is 0 Å². The summed E-state index contributed by atoms with van der Waals surface area (Å²) < 4.78 is 2.24. The molecule has 0 fully saturated rings. The lowest BCUT2D eigenvalue weighted by Gasteiger charge is -2.11. The number of nitrogens with one attached hydrogen (secondary N) is 1. The van der Waals surface area contributed by atoms with Crippen molar-refractivity contribution >= 4 is 16.9 Å². The number of hydrogen-bond acceptors (Lipinski definition) is 2. The predicted molar refractivity (Wildman–Crippen MR) is 106 cm³/mol. The predicted octanol–water partition coefficient (Wildman–Crippen LogP) is 4.77. The van der Waals surface area contributed by atoms with E-state index < -0.39 is 0 Å². The lowest BCUT2D eigenvalue weighted by atomic mass is 10.1. The van der Waals surface area contributed by atoms with Gasteiger partial charge in [0.05, 0.1) is 17.6 Å². The van der Waals surface area contributed by atoms with Crippen LogP contribution in [0.25, 0.3) is 11.0 Å². The molecule has 0 radical (unpaired) electrons. The number of rotatable bonds is 7. The number of hydrogen-bond donors (Lipinski definition) is 1. The number of para-hydroxylation sites is 2. The molecule has 0 bridgehead atoms. The Hall–Kier alpha value is -2.62. The summed E-state index contributed by atoms with van der Waals surface area (Å²) in [7, 11) is 0. The Balaban J connectivity index is 1.79. The van der Waals surface area contributed by atoms with Crippen molar-refractivity contribution in [1.82, 2.24) is 14.9 Å². The zero-order valence-electron chi connectivity index (χ0n) is 15.9. The van der Waals surface area contributed by atoms with E-state index in [0.717, 1.165) is 46.5 Å². The Morgan fingerprint density at radius 2 is 1.92 bits per heavy atom. The van der Waals surface area contributed by atoms with E-state index in [1.807, 2.05) is 50.2 Å². The van der Waals surface area contributed by atoms with Crippen LogP contribution in [-0.4, -0.2) is 15.5 Å². The molecule has 0 aliphatic heterocycles. The molecule has 0 saturated carbocycles. The fourth-order valence-electron chi connectivity index (χ4n) is 3.35. The summed E-state index contributed by atoms with van der Waals surface area (Å²) in [6, 6.07) is 14.1. The Kier molecular flexibility index (Phi) is 5.71. The number of fused-ring (bicyclic) bond motifs is 1. The van der Waals surface area contributed by atoms with Gasteiger partial charge in [-0.1, -0.05) is 49.6 Å². The van der Waals surface area contributed by atoms with Crippen LogP contribution in [0.1, 0.15) is 53.5 Å². The van der Waals surface area contributed by atoms with Gasteiger partial charge in [-0.2, -0.15) is 0 Å². The quantitative estimate of drug-likeness (QED) is 0.624. The van der Waals surface area contributed by atoms with Gasteiger partial charge in [0.25, 0.3) is 5.91 Å². The van der Waals surface area contributed by atoms with E-state index in [2.05, 4.69) is 22.9 Å². The molecule has 136 valence electrons. The smallest absolute Gasteiger partial charge is 0.251 e. The van der Waals surface area contributed by atoms with Crippen LogP contribution < -0.4 is 5.32 Å². The molecular formula is C22H27N3O. The lowest BCUT2D eigenvalue weighted by Crippen LogP contribution is -2.25. The third-order valence-electron chi connectivity index (χ3n) is 4.75. The van der Waals surface area contributed by atoms with Crippen LogP contribution in [0.5, 0.6) is 0 Å². The molecule has 26 heavy (non-hydrogen) atoms. The van der Waals surface area contributed by atoms with E-state index >= 15 is 0 Å². The third kappa shape index (κ3) is 3.96. The maximum atomic E-state index is 12.6. The Morgan fingerprint density at radius 3 is 2.69 bits per heavy atom. The van der Waals surface area contributed by atoms with Crippen molar-refractivity contribution in [3.63, 3.8) is 0 Å². The van der Waals surface area contributed by atoms with Gasteiger partial charge >= 0.3 is 0 Å². The largest absolute Gasteiger partial charge is 0.345 e. The van der Waals surface area contributed by atoms with Crippen molar-refractivity contribution in [2.45, 2.75) is 53.1 Å². The minimum Gasteiger partial charge on any atom is -0.345 e. The first-order valence-electron chi connectivity index (χ1n) is 9.39. The molecule has 4 heteroatoms. The van der Waals surface area contributed by atoms with Gasteiger partial charge in [0.15, 0.2) is 0 Å². The van der Waals surface area contributed by atoms with Crippen molar-refractivity contribution in [2.75, 3.05) is 0 Å². The second kappa shape index (κ2) is 8.17. The maximum Gasteiger partial charge on any atom is 0.251 e. The average molecular weight is 349 g/mol. The highest BCUT2D eigenvalue weighted by Gasteiger charge is 2.13. The summed E-state index contributed by atoms with van der Waals surface area (Å²) in [6.45, 7) is 7.59. The van der Waals surface area contributed by atoms with Crippen molar-refractivity contribution in [3.8, 4) is 0 Å².